The van der Waals surface area contributed by atoms with Crippen molar-refractivity contribution >= 4 is 33.8 Å². The Kier molecular flexibility index (Phi) is 10.3. The average Bonchev–Trinajstić information content (AvgIpc) is 2.86. The maximum atomic E-state index is 13.0. The van der Waals surface area contributed by atoms with E-state index in [2.05, 4.69) is 85.2 Å². The van der Waals surface area contributed by atoms with E-state index in [1.165, 1.54) is 11.1 Å². The smallest absolute Gasteiger partial charge is 0.414 e. The Balaban J connectivity index is 0.000000509. The fourth-order valence-electron chi connectivity index (χ4n) is 4.46. The summed E-state index contributed by atoms with van der Waals surface area (Å²) in [4.78, 5) is 38.3. The summed E-state index contributed by atoms with van der Waals surface area (Å²) in [6.07, 6.45) is 1.97. The Bertz CT molecular complexity index is 975. The molecule has 188 valence electrons. The van der Waals surface area contributed by atoms with Gasteiger partial charge in [0.1, 0.15) is 0 Å². The molecule has 2 aliphatic rings. The van der Waals surface area contributed by atoms with E-state index in [0.29, 0.717) is 5.91 Å². The second-order valence-corrected chi connectivity index (χ2v) is 9.79. The van der Waals surface area contributed by atoms with Crippen LogP contribution in [0.3, 0.4) is 0 Å². The summed E-state index contributed by atoms with van der Waals surface area (Å²) in [6.45, 7) is 7.65. The molecule has 8 nitrogen and oxygen atoms in total. The SMILES string of the molecule is O=C(C1CCN(Cc2cccc(Br)c2)CC1)N1CCN(Cc2ccccc2)CC1.O=C(O)C(=O)O. The lowest BCUT2D eigenvalue weighted by molar-refractivity contribution is -0.159. The van der Waals surface area contributed by atoms with Crippen LogP contribution in [0.25, 0.3) is 0 Å². The highest BCUT2D eigenvalue weighted by atomic mass is 79.9. The highest BCUT2D eigenvalue weighted by Crippen LogP contribution is 2.23. The van der Waals surface area contributed by atoms with Crippen molar-refractivity contribution in [3.8, 4) is 0 Å². The first-order valence-corrected chi connectivity index (χ1v) is 12.6. The van der Waals surface area contributed by atoms with Gasteiger partial charge in [-0.05, 0) is 49.2 Å². The van der Waals surface area contributed by atoms with E-state index in [9.17, 15) is 4.79 Å². The van der Waals surface area contributed by atoms with Gasteiger partial charge in [0.15, 0.2) is 0 Å². The predicted molar refractivity (Wildman–Crippen MR) is 136 cm³/mol. The fraction of sp³-hybridized carbons (Fsp3) is 0.423. The average molecular weight is 546 g/mol. The van der Waals surface area contributed by atoms with Crippen LogP contribution >= 0.6 is 15.9 Å². The maximum absolute atomic E-state index is 13.0. The summed E-state index contributed by atoms with van der Waals surface area (Å²) in [5.41, 5.74) is 2.68. The summed E-state index contributed by atoms with van der Waals surface area (Å²) in [5.74, 6) is -3.06. The number of nitrogens with zero attached hydrogens (tertiary/aromatic N) is 3. The number of likely N-dealkylation sites (tertiary alicyclic amines) is 1. The number of amides is 1. The first kappa shape index (κ1) is 26.8. The van der Waals surface area contributed by atoms with Crippen molar-refractivity contribution in [1.82, 2.24) is 14.7 Å². The van der Waals surface area contributed by atoms with Crippen LogP contribution in [0.4, 0.5) is 0 Å². The van der Waals surface area contributed by atoms with Crippen molar-refractivity contribution in [3.63, 3.8) is 0 Å². The Morgan fingerprint density at radius 2 is 1.29 bits per heavy atom. The quantitative estimate of drug-likeness (QED) is 0.556. The van der Waals surface area contributed by atoms with Crippen molar-refractivity contribution < 1.29 is 24.6 Å². The molecule has 1 amide bonds. The van der Waals surface area contributed by atoms with Gasteiger partial charge in [-0.3, -0.25) is 14.6 Å². The number of carbonyl (C=O) groups is 3. The molecule has 4 rings (SSSR count). The lowest BCUT2D eigenvalue weighted by Crippen LogP contribution is -2.51. The van der Waals surface area contributed by atoms with Gasteiger partial charge in [-0.2, -0.15) is 0 Å². The van der Waals surface area contributed by atoms with Gasteiger partial charge >= 0.3 is 11.9 Å². The molecule has 0 spiro atoms. The summed E-state index contributed by atoms with van der Waals surface area (Å²) >= 11 is 3.55. The van der Waals surface area contributed by atoms with Gasteiger partial charge in [0.25, 0.3) is 0 Å². The minimum absolute atomic E-state index is 0.203. The Morgan fingerprint density at radius 1 is 0.743 bits per heavy atom. The molecule has 0 aliphatic carbocycles. The molecule has 2 aromatic carbocycles. The molecular weight excluding hydrogens is 514 g/mol. The molecule has 0 radical (unpaired) electrons. The first-order chi connectivity index (χ1) is 16.8. The summed E-state index contributed by atoms with van der Waals surface area (Å²) in [6, 6.07) is 19.1. The van der Waals surface area contributed by atoms with E-state index in [-0.39, 0.29) is 5.92 Å². The molecule has 2 aromatic rings. The summed E-state index contributed by atoms with van der Waals surface area (Å²) in [5, 5.41) is 14.8. The third kappa shape index (κ3) is 8.76. The van der Waals surface area contributed by atoms with E-state index >= 15 is 0 Å². The first-order valence-electron chi connectivity index (χ1n) is 11.8. The molecule has 9 heteroatoms. The molecular formula is C26H32BrN3O5. The van der Waals surface area contributed by atoms with Crippen LogP contribution in [0.5, 0.6) is 0 Å². The van der Waals surface area contributed by atoms with E-state index < -0.39 is 11.9 Å². The summed E-state index contributed by atoms with van der Waals surface area (Å²) < 4.78 is 1.13. The van der Waals surface area contributed by atoms with Gasteiger partial charge in [-0.15, -0.1) is 0 Å². The van der Waals surface area contributed by atoms with Crippen LogP contribution in [0.1, 0.15) is 24.0 Å². The Hall–Kier alpha value is -2.75. The maximum Gasteiger partial charge on any atom is 0.414 e. The molecule has 2 N–H and O–H groups in total. The van der Waals surface area contributed by atoms with E-state index in [1.807, 2.05) is 0 Å². The van der Waals surface area contributed by atoms with Gasteiger partial charge < -0.3 is 15.1 Å². The molecule has 0 saturated carbocycles. The Morgan fingerprint density at radius 3 is 1.86 bits per heavy atom. The van der Waals surface area contributed by atoms with Gasteiger partial charge in [0.05, 0.1) is 0 Å². The number of rotatable bonds is 5. The number of hydrogen-bond donors (Lipinski definition) is 2. The van der Waals surface area contributed by atoms with Crippen molar-refractivity contribution in [2.45, 2.75) is 25.9 Å². The van der Waals surface area contributed by atoms with Crippen LogP contribution < -0.4 is 0 Å². The van der Waals surface area contributed by atoms with E-state index in [4.69, 9.17) is 19.8 Å². The van der Waals surface area contributed by atoms with Crippen LogP contribution in [0, 0.1) is 5.92 Å². The van der Waals surface area contributed by atoms with Crippen LogP contribution in [-0.2, 0) is 27.5 Å². The lowest BCUT2D eigenvalue weighted by atomic mass is 9.94. The number of carbonyl (C=O) groups excluding carboxylic acids is 1. The number of hydrogen-bond acceptors (Lipinski definition) is 5. The number of piperidine rings is 1. The minimum atomic E-state index is -1.82. The summed E-state index contributed by atoms with van der Waals surface area (Å²) in [7, 11) is 0. The minimum Gasteiger partial charge on any atom is -0.473 e. The highest BCUT2D eigenvalue weighted by molar-refractivity contribution is 9.10. The predicted octanol–water partition coefficient (Wildman–Crippen LogP) is 3.16. The number of aliphatic carboxylic acids is 2. The molecule has 35 heavy (non-hydrogen) atoms. The zero-order chi connectivity index (χ0) is 25.2. The number of carboxylic acid groups (broad SMARTS) is 2. The lowest BCUT2D eigenvalue weighted by Gasteiger charge is -2.38. The van der Waals surface area contributed by atoms with Gasteiger partial charge in [-0.25, -0.2) is 9.59 Å². The Labute approximate surface area is 214 Å². The molecule has 2 heterocycles. The molecule has 2 saturated heterocycles. The third-order valence-corrected chi connectivity index (χ3v) is 6.84. The van der Waals surface area contributed by atoms with Crippen LogP contribution in [0.15, 0.2) is 59.1 Å². The zero-order valence-electron chi connectivity index (χ0n) is 19.7. The highest BCUT2D eigenvalue weighted by Gasteiger charge is 2.30. The second kappa shape index (κ2) is 13.4. The van der Waals surface area contributed by atoms with Crippen molar-refractivity contribution in [1.29, 1.82) is 0 Å². The third-order valence-electron chi connectivity index (χ3n) is 6.35. The standard InChI is InChI=1S/C24H30BrN3O.C2H2O4/c25-23-8-4-7-21(17-23)19-26-11-9-22(10-12-26)24(29)28-15-13-27(14-16-28)18-20-5-2-1-3-6-20;3-1(4)2(5)6/h1-8,17,22H,9-16,18-19H2;(H,3,4)(H,5,6). The number of piperazine rings is 1. The molecule has 0 bridgehead atoms. The zero-order valence-corrected chi connectivity index (χ0v) is 21.3. The van der Waals surface area contributed by atoms with Crippen LogP contribution in [-0.4, -0.2) is 82.0 Å². The second-order valence-electron chi connectivity index (χ2n) is 8.88. The van der Waals surface area contributed by atoms with Crippen molar-refractivity contribution in [2.24, 2.45) is 5.92 Å². The van der Waals surface area contributed by atoms with Crippen molar-refractivity contribution in [3.05, 3.63) is 70.2 Å². The topological polar surface area (TPSA) is 101 Å². The van der Waals surface area contributed by atoms with Gasteiger partial charge in [0, 0.05) is 49.7 Å². The number of benzene rings is 2. The molecule has 0 atom stereocenters. The molecule has 2 aliphatic heterocycles. The van der Waals surface area contributed by atoms with Gasteiger partial charge in [0.2, 0.25) is 5.91 Å². The molecule has 0 unspecified atom stereocenters. The number of halogens is 1. The van der Waals surface area contributed by atoms with E-state index in [1.54, 1.807) is 0 Å². The van der Waals surface area contributed by atoms with E-state index in [0.717, 1.165) is 69.7 Å². The monoisotopic (exact) mass is 545 g/mol. The normalized spacial score (nSPS) is 17.3. The fourth-order valence-corrected chi connectivity index (χ4v) is 4.90. The molecule has 2 fully saturated rings. The largest absolute Gasteiger partial charge is 0.473 e. The number of carboxylic acids is 2. The van der Waals surface area contributed by atoms with Crippen LogP contribution in [0.2, 0.25) is 0 Å². The van der Waals surface area contributed by atoms with Crippen molar-refractivity contribution in [2.75, 3.05) is 39.3 Å². The molecule has 0 aromatic heterocycles. The van der Waals surface area contributed by atoms with Gasteiger partial charge in [-0.1, -0.05) is 58.4 Å².